The number of nitrogens with one attached hydrogen (secondary N) is 1. The maximum Gasteiger partial charge on any atom is 0.0575 e. The van der Waals surface area contributed by atoms with Gasteiger partial charge in [-0.05, 0) is 30.5 Å². The Labute approximate surface area is 104 Å². The van der Waals surface area contributed by atoms with Gasteiger partial charge in [0.2, 0.25) is 0 Å². The smallest absolute Gasteiger partial charge is 0.0575 e. The summed E-state index contributed by atoms with van der Waals surface area (Å²) in [5, 5.41) is 3.48. The second-order valence-corrected chi connectivity index (χ2v) is 5.01. The third kappa shape index (κ3) is 3.51. The molecule has 0 spiro atoms. The van der Waals surface area contributed by atoms with E-state index in [1.165, 1.54) is 17.8 Å². The minimum absolute atomic E-state index is 0.728. The first-order valence-electron chi connectivity index (χ1n) is 6.65. The highest BCUT2D eigenvalue weighted by Gasteiger charge is 2.15. The van der Waals surface area contributed by atoms with Gasteiger partial charge in [-0.1, -0.05) is 19.9 Å². The average molecular weight is 233 g/mol. The molecule has 0 saturated carbocycles. The highest BCUT2D eigenvalue weighted by Crippen LogP contribution is 2.11. The first-order chi connectivity index (χ1) is 8.29. The van der Waals surface area contributed by atoms with Crippen LogP contribution >= 0.6 is 0 Å². The zero-order chi connectivity index (χ0) is 12.1. The standard InChI is InChI=1S/C14H23N3/c1-3-13-5-4-6-16-14(13)11-17-8-7-15-9-12(2)10-17/h4-6,12,15H,3,7-11H2,1-2H3. The third-order valence-corrected chi connectivity index (χ3v) is 3.41. The summed E-state index contributed by atoms with van der Waals surface area (Å²) in [6, 6.07) is 4.23. The van der Waals surface area contributed by atoms with Crippen LogP contribution in [0.5, 0.6) is 0 Å². The van der Waals surface area contributed by atoms with Crippen LogP contribution in [-0.2, 0) is 13.0 Å². The predicted molar refractivity (Wildman–Crippen MR) is 70.9 cm³/mol. The molecule has 94 valence electrons. The number of pyridine rings is 1. The number of aromatic nitrogens is 1. The quantitative estimate of drug-likeness (QED) is 0.861. The van der Waals surface area contributed by atoms with Crippen molar-refractivity contribution in [1.29, 1.82) is 0 Å². The predicted octanol–water partition coefficient (Wildman–Crippen LogP) is 1.69. The molecule has 1 atom stereocenters. The molecule has 1 unspecified atom stereocenters. The summed E-state index contributed by atoms with van der Waals surface area (Å²) in [5.41, 5.74) is 2.64. The Bertz CT molecular complexity index is 351. The van der Waals surface area contributed by atoms with Crippen LogP contribution in [0.3, 0.4) is 0 Å². The lowest BCUT2D eigenvalue weighted by molar-refractivity contribution is 0.253. The molecule has 0 amide bonds. The Hall–Kier alpha value is -0.930. The maximum atomic E-state index is 4.54. The van der Waals surface area contributed by atoms with Crippen molar-refractivity contribution in [3.05, 3.63) is 29.6 Å². The van der Waals surface area contributed by atoms with E-state index in [-0.39, 0.29) is 0 Å². The second-order valence-electron chi connectivity index (χ2n) is 5.01. The molecule has 0 aromatic carbocycles. The lowest BCUT2D eigenvalue weighted by atomic mass is 10.1. The summed E-state index contributed by atoms with van der Waals surface area (Å²) in [6.07, 6.45) is 2.98. The van der Waals surface area contributed by atoms with E-state index in [1.54, 1.807) is 0 Å². The molecule has 1 aromatic rings. The Kier molecular flexibility index (Phi) is 4.51. The normalized spacial score (nSPS) is 22.4. The second kappa shape index (κ2) is 6.12. The van der Waals surface area contributed by atoms with Crippen LogP contribution in [0.15, 0.2) is 18.3 Å². The van der Waals surface area contributed by atoms with E-state index in [0.29, 0.717) is 0 Å². The van der Waals surface area contributed by atoms with Gasteiger partial charge in [0.25, 0.3) is 0 Å². The third-order valence-electron chi connectivity index (χ3n) is 3.41. The number of hydrogen-bond donors (Lipinski definition) is 1. The van der Waals surface area contributed by atoms with E-state index < -0.39 is 0 Å². The van der Waals surface area contributed by atoms with Gasteiger partial charge < -0.3 is 5.32 Å². The molecule has 0 radical (unpaired) electrons. The zero-order valence-corrected chi connectivity index (χ0v) is 10.9. The highest BCUT2D eigenvalue weighted by molar-refractivity contribution is 5.19. The maximum absolute atomic E-state index is 4.54. The van der Waals surface area contributed by atoms with Crippen molar-refractivity contribution in [2.45, 2.75) is 26.8 Å². The topological polar surface area (TPSA) is 28.2 Å². The molecule has 0 aliphatic carbocycles. The Balaban J connectivity index is 2.03. The minimum atomic E-state index is 0.728. The summed E-state index contributed by atoms with van der Waals surface area (Å²) in [4.78, 5) is 7.06. The Morgan fingerprint density at radius 1 is 1.53 bits per heavy atom. The molecule has 3 nitrogen and oxygen atoms in total. The Morgan fingerprint density at radius 3 is 3.24 bits per heavy atom. The first kappa shape index (κ1) is 12.5. The molecule has 3 heteroatoms. The number of aryl methyl sites for hydroxylation is 1. The van der Waals surface area contributed by atoms with Crippen molar-refractivity contribution in [3.8, 4) is 0 Å². The summed E-state index contributed by atoms with van der Waals surface area (Å²) >= 11 is 0. The van der Waals surface area contributed by atoms with Gasteiger partial charge in [0.05, 0.1) is 5.69 Å². The van der Waals surface area contributed by atoms with Crippen LogP contribution in [-0.4, -0.2) is 36.1 Å². The van der Waals surface area contributed by atoms with Crippen molar-refractivity contribution in [2.24, 2.45) is 5.92 Å². The summed E-state index contributed by atoms with van der Waals surface area (Å²) in [7, 11) is 0. The van der Waals surface area contributed by atoms with Crippen molar-refractivity contribution in [2.75, 3.05) is 26.2 Å². The van der Waals surface area contributed by atoms with E-state index >= 15 is 0 Å². The van der Waals surface area contributed by atoms with Gasteiger partial charge in [0, 0.05) is 32.4 Å². The van der Waals surface area contributed by atoms with Crippen LogP contribution in [0.25, 0.3) is 0 Å². The van der Waals surface area contributed by atoms with Gasteiger partial charge in [-0.25, -0.2) is 0 Å². The fourth-order valence-corrected chi connectivity index (χ4v) is 2.47. The van der Waals surface area contributed by atoms with Crippen LogP contribution in [0.4, 0.5) is 0 Å². The molecule has 0 bridgehead atoms. The zero-order valence-electron chi connectivity index (χ0n) is 10.9. The molecule has 2 heterocycles. The number of nitrogens with zero attached hydrogens (tertiary/aromatic N) is 2. The Morgan fingerprint density at radius 2 is 2.41 bits per heavy atom. The van der Waals surface area contributed by atoms with E-state index in [0.717, 1.165) is 38.5 Å². The van der Waals surface area contributed by atoms with E-state index in [9.17, 15) is 0 Å². The molecular weight excluding hydrogens is 210 g/mol. The molecule has 1 aliphatic rings. The van der Waals surface area contributed by atoms with Crippen LogP contribution in [0, 0.1) is 5.92 Å². The van der Waals surface area contributed by atoms with Crippen molar-refractivity contribution < 1.29 is 0 Å². The van der Waals surface area contributed by atoms with E-state index in [2.05, 4.69) is 35.1 Å². The first-order valence-corrected chi connectivity index (χ1v) is 6.65. The number of hydrogen-bond acceptors (Lipinski definition) is 3. The molecular formula is C14H23N3. The molecule has 17 heavy (non-hydrogen) atoms. The van der Waals surface area contributed by atoms with Gasteiger partial charge in [0.15, 0.2) is 0 Å². The lowest BCUT2D eigenvalue weighted by Crippen LogP contribution is -2.29. The van der Waals surface area contributed by atoms with E-state index in [4.69, 9.17) is 0 Å². The van der Waals surface area contributed by atoms with Crippen molar-refractivity contribution in [1.82, 2.24) is 15.2 Å². The minimum Gasteiger partial charge on any atom is -0.315 e. The fraction of sp³-hybridized carbons (Fsp3) is 0.643. The summed E-state index contributed by atoms with van der Waals surface area (Å²) < 4.78 is 0. The van der Waals surface area contributed by atoms with Crippen molar-refractivity contribution in [3.63, 3.8) is 0 Å². The SMILES string of the molecule is CCc1cccnc1CN1CCNCC(C)C1. The molecule has 1 aromatic heterocycles. The van der Waals surface area contributed by atoms with Gasteiger partial charge in [0.1, 0.15) is 0 Å². The van der Waals surface area contributed by atoms with E-state index in [1.807, 2.05) is 12.3 Å². The highest BCUT2D eigenvalue weighted by atomic mass is 15.2. The van der Waals surface area contributed by atoms with Gasteiger partial charge in [-0.2, -0.15) is 0 Å². The largest absolute Gasteiger partial charge is 0.315 e. The van der Waals surface area contributed by atoms with Crippen molar-refractivity contribution >= 4 is 0 Å². The number of rotatable bonds is 3. The fourth-order valence-electron chi connectivity index (χ4n) is 2.47. The van der Waals surface area contributed by atoms with Gasteiger partial charge >= 0.3 is 0 Å². The van der Waals surface area contributed by atoms with Crippen LogP contribution in [0.1, 0.15) is 25.1 Å². The average Bonchev–Trinajstić information content (AvgIpc) is 2.54. The molecule has 1 fully saturated rings. The summed E-state index contributed by atoms with van der Waals surface area (Å²) in [5.74, 6) is 0.728. The lowest BCUT2D eigenvalue weighted by Gasteiger charge is -2.22. The van der Waals surface area contributed by atoms with Gasteiger partial charge in [-0.3, -0.25) is 9.88 Å². The molecule has 1 N–H and O–H groups in total. The molecule has 1 aliphatic heterocycles. The summed E-state index contributed by atoms with van der Waals surface area (Å²) in [6.45, 7) is 10.0. The van der Waals surface area contributed by atoms with Crippen LogP contribution < -0.4 is 5.32 Å². The monoisotopic (exact) mass is 233 g/mol. The van der Waals surface area contributed by atoms with Gasteiger partial charge in [-0.15, -0.1) is 0 Å². The van der Waals surface area contributed by atoms with Crippen LogP contribution in [0.2, 0.25) is 0 Å². The molecule has 1 saturated heterocycles. The molecule has 2 rings (SSSR count).